The van der Waals surface area contributed by atoms with Crippen LogP contribution in [0.3, 0.4) is 0 Å². The molecule has 1 heterocycles. The third-order valence-corrected chi connectivity index (χ3v) is 7.16. The number of urea groups is 1. The van der Waals surface area contributed by atoms with Crippen LogP contribution >= 0.6 is 0 Å². The number of hydrogen-bond donors (Lipinski definition) is 2. The number of hydrogen-bond acceptors (Lipinski definition) is 4. The Morgan fingerprint density at radius 3 is 2.56 bits per heavy atom. The van der Waals surface area contributed by atoms with Crippen molar-refractivity contribution in [3.63, 3.8) is 0 Å². The quantitative estimate of drug-likeness (QED) is 0.589. The molecule has 2 aromatic carbocycles. The second kappa shape index (κ2) is 10.2. The van der Waals surface area contributed by atoms with Crippen LogP contribution < -0.4 is 20.1 Å². The Kier molecular flexibility index (Phi) is 7.26. The number of carbonyl (C=O) groups is 1. The van der Waals surface area contributed by atoms with E-state index in [1.165, 1.54) is 11.6 Å². The molecule has 0 aromatic heterocycles. The molecule has 2 aromatic rings. The Hall–Kier alpha value is -2.87. The van der Waals surface area contributed by atoms with Gasteiger partial charge in [-0.25, -0.2) is 13.6 Å². The zero-order valence-electron chi connectivity index (χ0n) is 20.0. The number of likely N-dealkylation sites (N-methyl/N-ethyl adjacent to an activating group) is 1. The van der Waals surface area contributed by atoms with E-state index in [1.807, 2.05) is 19.9 Å². The van der Waals surface area contributed by atoms with Crippen molar-refractivity contribution in [1.29, 1.82) is 0 Å². The Balaban J connectivity index is 1.48. The van der Waals surface area contributed by atoms with E-state index in [0.717, 1.165) is 55.9 Å². The first kappa shape index (κ1) is 24.3. The van der Waals surface area contributed by atoms with E-state index in [1.54, 1.807) is 0 Å². The lowest BCUT2D eigenvalue weighted by atomic mass is 9.65. The van der Waals surface area contributed by atoms with Crippen molar-refractivity contribution >= 4 is 11.7 Å². The van der Waals surface area contributed by atoms with E-state index in [0.29, 0.717) is 13.2 Å². The van der Waals surface area contributed by atoms with Crippen molar-refractivity contribution in [3.05, 3.63) is 53.6 Å². The Morgan fingerprint density at radius 2 is 1.82 bits per heavy atom. The van der Waals surface area contributed by atoms with Gasteiger partial charge in [-0.05, 0) is 83.0 Å². The van der Waals surface area contributed by atoms with Gasteiger partial charge in [0.15, 0.2) is 23.1 Å². The zero-order valence-corrected chi connectivity index (χ0v) is 20.0. The van der Waals surface area contributed by atoms with E-state index in [-0.39, 0.29) is 23.2 Å². The van der Waals surface area contributed by atoms with Gasteiger partial charge in [-0.3, -0.25) is 0 Å². The van der Waals surface area contributed by atoms with Gasteiger partial charge in [0.1, 0.15) is 0 Å². The van der Waals surface area contributed by atoms with Gasteiger partial charge in [0.25, 0.3) is 0 Å². The fraction of sp³-hybridized carbons (Fsp3) is 0.500. The van der Waals surface area contributed by atoms with Gasteiger partial charge >= 0.3 is 6.03 Å². The molecule has 1 saturated heterocycles. The number of nitrogens with one attached hydrogen (secondary N) is 2. The SMILES string of the molecule is CCOc1ccc([C@@]23CC[C@@H](NC(=O)Nc4ccc(F)c(F)c4)C[C@@H]2N(C)CC3)cc1OCC. The van der Waals surface area contributed by atoms with Crippen molar-refractivity contribution in [1.82, 2.24) is 10.2 Å². The molecule has 1 aliphatic carbocycles. The van der Waals surface area contributed by atoms with E-state index in [4.69, 9.17) is 9.47 Å². The van der Waals surface area contributed by atoms with Crippen LogP contribution in [0.2, 0.25) is 0 Å². The molecular formula is C26H33F2N3O3. The number of benzene rings is 2. The molecule has 3 atom stereocenters. The van der Waals surface area contributed by atoms with Crippen LogP contribution in [0.1, 0.15) is 45.1 Å². The summed E-state index contributed by atoms with van der Waals surface area (Å²) >= 11 is 0. The summed E-state index contributed by atoms with van der Waals surface area (Å²) in [6, 6.07) is 9.45. The van der Waals surface area contributed by atoms with Crippen LogP contribution in [-0.2, 0) is 5.41 Å². The summed E-state index contributed by atoms with van der Waals surface area (Å²) < 4.78 is 38.2. The molecule has 1 saturated carbocycles. The molecule has 2 amide bonds. The summed E-state index contributed by atoms with van der Waals surface area (Å²) in [5.41, 5.74) is 1.45. The highest BCUT2D eigenvalue weighted by molar-refractivity contribution is 5.89. The van der Waals surface area contributed by atoms with E-state index >= 15 is 0 Å². The molecule has 4 rings (SSSR count). The average molecular weight is 474 g/mol. The molecule has 2 aliphatic rings. The lowest BCUT2D eigenvalue weighted by Gasteiger charge is -2.45. The summed E-state index contributed by atoms with van der Waals surface area (Å²) in [5.74, 6) is -0.400. The Bertz CT molecular complexity index is 1030. The third kappa shape index (κ3) is 4.82. The van der Waals surface area contributed by atoms with Crippen LogP contribution in [-0.4, -0.2) is 49.8 Å². The van der Waals surface area contributed by atoms with Gasteiger partial charge in [-0.1, -0.05) is 6.07 Å². The van der Waals surface area contributed by atoms with Crippen LogP contribution in [0.4, 0.5) is 19.3 Å². The molecule has 6 nitrogen and oxygen atoms in total. The second-order valence-electron chi connectivity index (χ2n) is 9.13. The van der Waals surface area contributed by atoms with Crippen LogP contribution in [0, 0.1) is 11.6 Å². The summed E-state index contributed by atoms with van der Waals surface area (Å²) in [7, 11) is 2.13. The second-order valence-corrected chi connectivity index (χ2v) is 9.13. The van der Waals surface area contributed by atoms with E-state index < -0.39 is 17.7 Å². The maximum atomic E-state index is 13.5. The monoisotopic (exact) mass is 473 g/mol. The fourth-order valence-corrected chi connectivity index (χ4v) is 5.54. The highest BCUT2D eigenvalue weighted by Crippen LogP contribution is 2.50. The number of fused-ring (bicyclic) bond motifs is 1. The highest BCUT2D eigenvalue weighted by Gasteiger charge is 2.50. The molecule has 8 heteroatoms. The minimum Gasteiger partial charge on any atom is -0.490 e. The first-order chi connectivity index (χ1) is 16.4. The molecule has 1 aliphatic heterocycles. The molecular weight excluding hydrogens is 440 g/mol. The molecule has 34 heavy (non-hydrogen) atoms. The molecule has 0 bridgehead atoms. The third-order valence-electron chi connectivity index (χ3n) is 7.16. The molecule has 0 unspecified atom stereocenters. The normalized spacial score (nSPS) is 24.4. The Morgan fingerprint density at radius 1 is 1.06 bits per heavy atom. The first-order valence-corrected chi connectivity index (χ1v) is 12.0. The number of anilines is 1. The predicted octanol–water partition coefficient (Wildman–Crippen LogP) is 5.08. The topological polar surface area (TPSA) is 62.8 Å². The number of likely N-dealkylation sites (tertiary alicyclic amines) is 1. The van der Waals surface area contributed by atoms with Crippen LogP contribution in [0.5, 0.6) is 11.5 Å². The van der Waals surface area contributed by atoms with Gasteiger partial charge < -0.3 is 25.0 Å². The smallest absolute Gasteiger partial charge is 0.319 e. The number of amides is 2. The lowest BCUT2D eigenvalue weighted by molar-refractivity contribution is 0.156. The first-order valence-electron chi connectivity index (χ1n) is 12.0. The van der Waals surface area contributed by atoms with Crippen molar-refractivity contribution in [3.8, 4) is 11.5 Å². The zero-order chi connectivity index (χ0) is 24.3. The standard InChI is InChI=1S/C26H33F2N3O3/c1-4-33-22-9-6-17(14-23(22)34-5-2)26-11-10-19(16-24(26)31(3)13-12-26)30-25(32)29-18-7-8-20(27)21(28)15-18/h6-9,14-15,19,24H,4-5,10-13,16H2,1-3H3,(H2,29,30,32)/t19-,24+,26+/m1/s1. The van der Waals surface area contributed by atoms with Crippen molar-refractivity contribution in [2.75, 3.05) is 32.1 Å². The maximum Gasteiger partial charge on any atom is 0.319 e. The number of carbonyl (C=O) groups excluding carboxylic acids is 1. The van der Waals surface area contributed by atoms with Gasteiger partial charge in [0, 0.05) is 29.3 Å². The van der Waals surface area contributed by atoms with Crippen molar-refractivity contribution < 1.29 is 23.0 Å². The summed E-state index contributed by atoms with van der Waals surface area (Å²) in [4.78, 5) is 14.9. The summed E-state index contributed by atoms with van der Waals surface area (Å²) in [5, 5.41) is 5.63. The predicted molar refractivity (Wildman–Crippen MR) is 128 cm³/mol. The number of ether oxygens (including phenoxy) is 2. The molecule has 0 spiro atoms. The average Bonchev–Trinajstić information content (AvgIpc) is 3.15. The number of halogens is 2. The molecule has 2 fully saturated rings. The van der Waals surface area contributed by atoms with E-state index in [2.05, 4.69) is 34.7 Å². The van der Waals surface area contributed by atoms with Crippen LogP contribution in [0.25, 0.3) is 0 Å². The number of nitrogens with zero attached hydrogens (tertiary/aromatic N) is 1. The van der Waals surface area contributed by atoms with Gasteiger partial charge in [-0.2, -0.15) is 0 Å². The summed E-state index contributed by atoms with van der Waals surface area (Å²) in [6.45, 7) is 6.06. The van der Waals surface area contributed by atoms with Gasteiger partial charge in [0.2, 0.25) is 0 Å². The van der Waals surface area contributed by atoms with Gasteiger partial charge in [-0.15, -0.1) is 0 Å². The minimum atomic E-state index is -0.991. The number of rotatable bonds is 7. The maximum absolute atomic E-state index is 13.5. The van der Waals surface area contributed by atoms with E-state index in [9.17, 15) is 13.6 Å². The largest absolute Gasteiger partial charge is 0.490 e. The Labute approximate surface area is 199 Å². The lowest BCUT2D eigenvalue weighted by Crippen LogP contribution is -2.52. The molecule has 184 valence electrons. The minimum absolute atomic E-state index is 0.0138. The summed E-state index contributed by atoms with van der Waals surface area (Å²) in [6.07, 6.45) is 3.60. The van der Waals surface area contributed by atoms with Gasteiger partial charge in [0.05, 0.1) is 13.2 Å². The van der Waals surface area contributed by atoms with Crippen molar-refractivity contribution in [2.45, 2.75) is 57.0 Å². The molecule has 0 radical (unpaired) electrons. The fourth-order valence-electron chi connectivity index (χ4n) is 5.54. The highest BCUT2D eigenvalue weighted by atomic mass is 19.2. The van der Waals surface area contributed by atoms with Crippen molar-refractivity contribution in [2.24, 2.45) is 0 Å². The molecule has 2 N–H and O–H groups in total. The van der Waals surface area contributed by atoms with Crippen LogP contribution in [0.15, 0.2) is 36.4 Å².